The van der Waals surface area contributed by atoms with E-state index in [1.807, 2.05) is 23.1 Å². The topological polar surface area (TPSA) is 72.1 Å². The van der Waals surface area contributed by atoms with Crippen molar-refractivity contribution in [3.8, 4) is 0 Å². The number of nitrogens with zero attached hydrogens (tertiary/aromatic N) is 3. The Balaban J connectivity index is 1.71. The standard InChI is InChI=1S/C15H16N4O/c16-14-9-17-13(8-18-14)15(20)19-7-6-12(10-19)11-4-2-1-3-5-11/h1-5,8-9,12H,6-7,10H2,(H2,16,18). The van der Waals surface area contributed by atoms with Gasteiger partial charge in [0.2, 0.25) is 0 Å². The fourth-order valence-corrected chi connectivity index (χ4v) is 2.55. The molecule has 2 aromatic rings. The van der Waals surface area contributed by atoms with Crippen LogP contribution in [-0.4, -0.2) is 33.9 Å². The summed E-state index contributed by atoms with van der Waals surface area (Å²) in [6, 6.07) is 10.3. The average Bonchev–Trinajstić information content (AvgIpc) is 2.98. The van der Waals surface area contributed by atoms with Crippen LogP contribution in [0.15, 0.2) is 42.7 Å². The molecular weight excluding hydrogens is 252 g/mol. The molecule has 5 nitrogen and oxygen atoms in total. The maximum atomic E-state index is 12.3. The van der Waals surface area contributed by atoms with Crippen LogP contribution in [0.3, 0.4) is 0 Å². The highest BCUT2D eigenvalue weighted by Crippen LogP contribution is 2.27. The zero-order chi connectivity index (χ0) is 13.9. The molecule has 1 aromatic carbocycles. The molecule has 0 aliphatic carbocycles. The van der Waals surface area contributed by atoms with Crippen molar-refractivity contribution in [3.05, 3.63) is 54.0 Å². The third-order valence-corrected chi connectivity index (χ3v) is 3.64. The lowest BCUT2D eigenvalue weighted by atomic mass is 9.99. The van der Waals surface area contributed by atoms with E-state index < -0.39 is 0 Å². The van der Waals surface area contributed by atoms with Crippen molar-refractivity contribution in [2.45, 2.75) is 12.3 Å². The largest absolute Gasteiger partial charge is 0.382 e. The van der Waals surface area contributed by atoms with Crippen LogP contribution in [0, 0.1) is 0 Å². The normalized spacial score (nSPS) is 18.2. The Morgan fingerprint density at radius 2 is 2.00 bits per heavy atom. The lowest BCUT2D eigenvalue weighted by molar-refractivity contribution is 0.0784. The van der Waals surface area contributed by atoms with Crippen molar-refractivity contribution in [1.29, 1.82) is 0 Å². The monoisotopic (exact) mass is 268 g/mol. The molecule has 1 unspecified atom stereocenters. The van der Waals surface area contributed by atoms with Crippen LogP contribution in [0.4, 0.5) is 5.82 Å². The summed E-state index contributed by atoms with van der Waals surface area (Å²) in [7, 11) is 0. The first-order valence-electron chi connectivity index (χ1n) is 6.66. The van der Waals surface area contributed by atoms with Crippen LogP contribution in [0.5, 0.6) is 0 Å². The predicted molar refractivity (Wildman–Crippen MR) is 76.1 cm³/mol. The minimum atomic E-state index is -0.0732. The van der Waals surface area contributed by atoms with E-state index in [2.05, 4.69) is 22.1 Å². The zero-order valence-electron chi connectivity index (χ0n) is 11.1. The second kappa shape index (κ2) is 5.28. The molecule has 1 fully saturated rings. The molecule has 20 heavy (non-hydrogen) atoms. The zero-order valence-corrected chi connectivity index (χ0v) is 11.1. The second-order valence-corrected chi connectivity index (χ2v) is 4.97. The van der Waals surface area contributed by atoms with Crippen LogP contribution >= 0.6 is 0 Å². The SMILES string of the molecule is Nc1cnc(C(=O)N2CCC(c3ccccc3)C2)cn1. The van der Waals surface area contributed by atoms with Gasteiger partial charge in [0.25, 0.3) is 5.91 Å². The molecule has 3 rings (SSSR count). The second-order valence-electron chi connectivity index (χ2n) is 4.97. The molecule has 5 heteroatoms. The van der Waals surface area contributed by atoms with E-state index in [0.717, 1.165) is 19.5 Å². The molecule has 1 aliphatic rings. The van der Waals surface area contributed by atoms with Gasteiger partial charge in [-0.05, 0) is 12.0 Å². The Bertz CT molecular complexity index is 597. The maximum absolute atomic E-state index is 12.3. The number of benzene rings is 1. The molecule has 0 saturated carbocycles. The van der Waals surface area contributed by atoms with E-state index in [1.165, 1.54) is 18.0 Å². The molecule has 0 bridgehead atoms. The molecule has 2 N–H and O–H groups in total. The number of nitrogens with two attached hydrogens (primary N) is 1. The van der Waals surface area contributed by atoms with E-state index >= 15 is 0 Å². The smallest absolute Gasteiger partial charge is 0.274 e. The molecule has 0 spiro atoms. The highest BCUT2D eigenvalue weighted by Gasteiger charge is 2.28. The highest BCUT2D eigenvalue weighted by atomic mass is 16.2. The molecule has 0 radical (unpaired) electrons. The highest BCUT2D eigenvalue weighted by molar-refractivity contribution is 5.92. The van der Waals surface area contributed by atoms with Gasteiger partial charge in [0.05, 0.1) is 12.4 Å². The summed E-state index contributed by atoms with van der Waals surface area (Å²) >= 11 is 0. The third kappa shape index (κ3) is 2.47. The van der Waals surface area contributed by atoms with Crippen LogP contribution < -0.4 is 5.73 Å². The fraction of sp³-hybridized carbons (Fsp3) is 0.267. The van der Waals surface area contributed by atoms with Crippen molar-refractivity contribution in [2.24, 2.45) is 0 Å². The van der Waals surface area contributed by atoms with Gasteiger partial charge < -0.3 is 10.6 Å². The van der Waals surface area contributed by atoms with Gasteiger partial charge in [0.1, 0.15) is 11.5 Å². The summed E-state index contributed by atoms with van der Waals surface area (Å²) in [4.78, 5) is 22.1. The average molecular weight is 268 g/mol. The van der Waals surface area contributed by atoms with Crippen molar-refractivity contribution >= 4 is 11.7 Å². The Morgan fingerprint density at radius 3 is 2.70 bits per heavy atom. The summed E-state index contributed by atoms with van der Waals surface area (Å²) in [5.74, 6) is 0.656. The molecule has 1 atom stereocenters. The molecule has 1 amide bonds. The quantitative estimate of drug-likeness (QED) is 0.899. The van der Waals surface area contributed by atoms with Crippen LogP contribution in [0.2, 0.25) is 0 Å². The van der Waals surface area contributed by atoms with E-state index in [9.17, 15) is 4.79 Å². The van der Waals surface area contributed by atoms with E-state index in [-0.39, 0.29) is 5.91 Å². The summed E-state index contributed by atoms with van der Waals surface area (Å²) in [5.41, 5.74) is 7.12. The molecule has 1 saturated heterocycles. The summed E-state index contributed by atoms with van der Waals surface area (Å²) in [6.45, 7) is 1.49. The minimum Gasteiger partial charge on any atom is -0.382 e. The number of carbonyl (C=O) groups is 1. The first-order valence-corrected chi connectivity index (χ1v) is 6.66. The number of hydrogen-bond donors (Lipinski definition) is 1. The number of carbonyl (C=O) groups excluding carboxylic acids is 1. The van der Waals surface area contributed by atoms with E-state index in [1.54, 1.807) is 0 Å². The number of amides is 1. The minimum absolute atomic E-state index is 0.0732. The van der Waals surface area contributed by atoms with Gasteiger partial charge in [0, 0.05) is 19.0 Å². The van der Waals surface area contributed by atoms with Gasteiger partial charge in [-0.2, -0.15) is 0 Å². The fourth-order valence-electron chi connectivity index (χ4n) is 2.55. The third-order valence-electron chi connectivity index (χ3n) is 3.64. The summed E-state index contributed by atoms with van der Waals surface area (Å²) in [5, 5.41) is 0. The van der Waals surface area contributed by atoms with Gasteiger partial charge in [0.15, 0.2) is 0 Å². The summed E-state index contributed by atoms with van der Waals surface area (Å²) in [6.07, 6.45) is 3.84. The lowest BCUT2D eigenvalue weighted by Crippen LogP contribution is -2.29. The first-order chi connectivity index (χ1) is 9.74. The number of hydrogen-bond acceptors (Lipinski definition) is 4. The van der Waals surface area contributed by atoms with Gasteiger partial charge in [-0.15, -0.1) is 0 Å². The van der Waals surface area contributed by atoms with Crippen LogP contribution in [0.25, 0.3) is 0 Å². The number of aromatic nitrogens is 2. The van der Waals surface area contributed by atoms with Gasteiger partial charge in [-0.1, -0.05) is 30.3 Å². The lowest BCUT2D eigenvalue weighted by Gasteiger charge is -2.16. The number of nitrogen functional groups attached to an aromatic ring is 1. The Labute approximate surface area is 117 Å². The van der Waals surface area contributed by atoms with Crippen LogP contribution in [-0.2, 0) is 0 Å². The van der Waals surface area contributed by atoms with E-state index in [0.29, 0.717) is 17.4 Å². The molecule has 1 aromatic heterocycles. The van der Waals surface area contributed by atoms with Gasteiger partial charge in [-0.25, -0.2) is 9.97 Å². The Kier molecular flexibility index (Phi) is 3.33. The van der Waals surface area contributed by atoms with Gasteiger partial charge >= 0.3 is 0 Å². The van der Waals surface area contributed by atoms with Gasteiger partial charge in [-0.3, -0.25) is 4.79 Å². The first kappa shape index (κ1) is 12.6. The Morgan fingerprint density at radius 1 is 1.20 bits per heavy atom. The van der Waals surface area contributed by atoms with Crippen molar-refractivity contribution in [2.75, 3.05) is 18.8 Å². The van der Waals surface area contributed by atoms with Crippen molar-refractivity contribution < 1.29 is 4.79 Å². The molecular formula is C15H16N4O. The predicted octanol–water partition coefficient (Wildman–Crippen LogP) is 1.69. The number of anilines is 1. The molecule has 2 heterocycles. The molecule has 102 valence electrons. The molecule has 1 aliphatic heterocycles. The summed E-state index contributed by atoms with van der Waals surface area (Å²) < 4.78 is 0. The van der Waals surface area contributed by atoms with Crippen LogP contribution in [0.1, 0.15) is 28.4 Å². The number of likely N-dealkylation sites (tertiary alicyclic amines) is 1. The maximum Gasteiger partial charge on any atom is 0.274 e. The van der Waals surface area contributed by atoms with Crippen molar-refractivity contribution in [3.63, 3.8) is 0 Å². The Hall–Kier alpha value is -2.43. The number of rotatable bonds is 2. The van der Waals surface area contributed by atoms with Crippen molar-refractivity contribution in [1.82, 2.24) is 14.9 Å². The van der Waals surface area contributed by atoms with E-state index in [4.69, 9.17) is 5.73 Å².